The molecular formula is C32H37ClN4O2. The van der Waals surface area contributed by atoms with Crippen molar-refractivity contribution in [3.05, 3.63) is 94.8 Å². The third kappa shape index (κ3) is 6.45. The molecule has 0 radical (unpaired) electrons. The van der Waals surface area contributed by atoms with E-state index < -0.39 is 0 Å². The predicted molar refractivity (Wildman–Crippen MR) is 157 cm³/mol. The van der Waals surface area contributed by atoms with Crippen molar-refractivity contribution >= 4 is 28.5 Å². The van der Waals surface area contributed by atoms with E-state index in [9.17, 15) is 4.79 Å². The summed E-state index contributed by atoms with van der Waals surface area (Å²) in [6.07, 6.45) is 3.09. The van der Waals surface area contributed by atoms with Gasteiger partial charge < -0.3 is 19.5 Å². The van der Waals surface area contributed by atoms with Crippen molar-refractivity contribution < 1.29 is 9.53 Å². The van der Waals surface area contributed by atoms with Crippen molar-refractivity contribution in [3.8, 4) is 5.75 Å². The Morgan fingerprint density at radius 1 is 1.00 bits per heavy atom. The molecule has 1 amide bonds. The van der Waals surface area contributed by atoms with Crippen LogP contribution in [0.25, 0.3) is 11.0 Å². The van der Waals surface area contributed by atoms with Crippen LogP contribution in [0.3, 0.4) is 0 Å². The second-order valence-corrected chi connectivity index (χ2v) is 11.1. The number of carbonyl (C=O) groups excluding carboxylic acids is 1. The Bertz CT molecular complexity index is 1390. The highest BCUT2D eigenvalue weighted by molar-refractivity contribution is 6.30. The van der Waals surface area contributed by atoms with Gasteiger partial charge in [0, 0.05) is 30.5 Å². The molecule has 1 N–H and O–H groups in total. The van der Waals surface area contributed by atoms with Gasteiger partial charge in [-0.3, -0.25) is 4.79 Å². The molecule has 39 heavy (non-hydrogen) atoms. The molecule has 0 spiro atoms. The highest BCUT2D eigenvalue weighted by Gasteiger charge is 2.36. The number of amides is 1. The van der Waals surface area contributed by atoms with Crippen LogP contribution in [0.4, 0.5) is 0 Å². The number of para-hydroxylation sites is 1. The topological polar surface area (TPSA) is 59.4 Å². The van der Waals surface area contributed by atoms with Gasteiger partial charge in [0.1, 0.15) is 18.2 Å². The molecule has 204 valence electrons. The summed E-state index contributed by atoms with van der Waals surface area (Å²) in [6, 6.07) is 24.5. The van der Waals surface area contributed by atoms with Crippen LogP contribution in [-0.2, 0) is 23.4 Å². The van der Waals surface area contributed by atoms with Gasteiger partial charge in [-0.1, -0.05) is 54.1 Å². The molecule has 1 aliphatic heterocycles. The lowest BCUT2D eigenvalue weighted by atomic mass is 9.72. The van der Waals surface area contributed by atoms with Gasteiger partial charge in [-0.05, 0) is 87.3 Å². The predicted octanol–water partition coefficient (Wildman–Crippen LogP) is 6.14. The van der Waals surface area contributed by atoms with E-state index in [-0.39, 0.29) is 11.3 Å². The average Bonchev–Trinajstić information content (AvgIpc) is 3.31. The van der Waals surface area contributed by atoms with Crippen molar-refractivity contribution in [2.24, 2.45) is 0 Å². The molecule has 4 aromatic rings. The number of rotatable bonds is 10. The van der Waals surface area contributed by atoms with E-state index in [0.29, 0.717) is 18.2 Å². The van der Waals surface area contributed by atoms with Crippen LogP contribution in [-0.4, -0.2) is 46.5 Å². The van der Waals surface area contributed by atoms with Crippen LogP contribution >= 0.6 is 11.6 Å². The molecule has 0 bridgehead atoms. The number of aryl methyl sites for hydroxylation is 2. The number of nitrogens with one attached hydrogen (secondary N) is 1. The molecule has 1 saturated heterocycles. The van der Waals surface area contributed by atoms with Gasteiger partial charge in [-0.25, -0.2) is 4.98 Å². The summed E-state index contributed by atoms with van der Waals surface area (Å²) < 4.78 is 8.39. The summed E-state index contributed by atoms with van der Waals surface area (Å²) in [5.74, 6) is 1.75. The fourth-order valence-corrected chi connectivity index (χ4v) is 5.81. The van der Waals surface area contributed by atoms with Gasteiger partial charge in [0.25, 0.3) is 0 Å². The maximum atomic E-state index is 11.7. The first kappa shape index (κ1) is 27.2. The molecule has 2 heterocycles. The number of fused-ring (bicyclic) bond motifs is 1. The zero-order valence-electron chi connectivity index (χ0n) is 22.8. The van der Waals surface area contributed by atoms with E-state index in [0.717, 1.165) is 68.0 Å². The first-order chi connectivity index (χ1) is 18.9. The molecule has 7 heteroatoms. The quantitative estimate of drug-likeness (QED) is 0.261. The number of likely N-dealkylation sites (tertiary alicyclic amines) is 1. The van der Waals surface area contributed by atoms with Crippen LogP contribution in [0.15, 0.2) is 72.8 Å². The lowest BCUT2D eigenvalue weighted by Crippen LogP contribution is -2.48. The smallest absolute Gasteiger partial charge is 0.216 e. The van der Waals surface area contributed by atoms with Crippen LogP contribution in [0, 0.1) is 6.92 Å². The summed E-state index contributed by atoms with van der Waals surface area (Å²) in [5.41, 5.74) is 4.68. The summed E-state index contributed by atoms with van der Waals surface area (Å²) in [4.78, 5) is 19.2. The third-order valence-corrected chi connectivity index (χ3v) is 8.22. The Morgan fingerprint density at radius 2 is 1.74 bits per heavy atom. The van der Waals surface area contributed by atoms with Crippen molar-refractivity contribution in [2.45, 2.75) is 51.7 Å². The fraction of sp³-hybridized carbons (Fsp3) is 0.375. The molecule has 1 aliphatic rings. The maximum absolute atomic E-state index is 11.7. The Kier molecular flexibility index (Phi) is 8.53. The number of benzene rings is 3. The van der Waals surface area contributed by atoms with Gasteiger partial charge in [-0.15, -0.1) is 0 Å². The second-order valence-electron chi connectivity index (χ2n) is 10.6. The molecule has 0 aliphatic carbocycles. The van der Waals surface area contributed by atoms with E-state index in [2.05, 4.69) is 70.2 Å². The SMILES string of the molecule is CC(=O)NCC1(c2ccccc2)CCN(CCCn2c(COc3ccc(Cl)cc3)nc3c(C)cccc32)CC1. The molecule has 0 atom stereocenters. The number of piperidine rings is 1. The molecule has 1 aromatic heterocycles. The van der Waals surface area contributed by atoms with Crippen molar-refractivity contribution in [1.82, 2.24) is 19.8 Å². The monoisotopic (exact) mass is 544 g/mol. The van der Waals surface area contributed by atoms with Crippen molar-refractivity contribution in [2.75, 3.05) is 26.2 Å². The summed E-state index contributed by atoms with van der Waals surface area (Å²) in [6.45, 7) is 8.75. The summed E-state index contributed by atoms with van der Waals surface area (Å²) in [7, 11) is 0. The molecule has 3 aromatic carbocycles. The van der Waals surface area contributed by atoms with Crippen LogP contribution in [0.1, 0.15) is 43.1 Å². The number of hydrogen-bond acceptors (Lipinski definition) is 4. The lowest BCUT2D eigenvalue weighted by molar-refractivity contribution is -0.119. The zero-order valence-corrected chi connectivity index (χ0v) is 23.6. The minimum atomic E-state index is -0.00627. The Hall–Kier alpha value is -3.35. The third-order valence-electron chi connectivity index (χ3n) is 7.97. The molecule has 1 fully saturated rings. The van der Waals surface area contributed by atoms with Gasteiger partial charge in [-0.2, -0.15) is 0 Å². The van der Waals surface area contributed by atoms with E-state index in [1.165, 1.54) is 11.1 Å². The van der Waals surface area contributed by atoms with Gasteiger partial charge in [0.15, 0.2) is 0 Å². The molecule has 0 saturated carbocycles. The number of aromatic nitrogens is 2. The zero-order chi connectivity index (χ0) is 27.2. The fourth-order valence-electron chi connectivity index (χ4n) is 5.68. The first-order valence-electron chi connectivity index (χ1n) is 13.8. The number of halogens is 1. The highest BCUT2D eigenvalue weighted by Crippen LogP contribution is 2.35. The number of nitrogens with zero attached hydrogens (tertiary/aromatic N) is 3. The second kappa shape index (κ2) is 12.2. The van der Waals surface area contributed by atoms with Crippen molar-refractivity contribution in [1.29, 1.82) is 0 Å². The summed E-state index contributed by atoms with van der Waals surface area (Å²) in [5, 5.41) is 3.79. The molecular weight excluding hydrogens is 508 g/mol. The first-order valence-corrected chi connectivity index (χ1v) is 14.2. The summed E-state index contributed by atoms with van der Waals surface area (Å²) >= 11 is 6.03. The van der Waals surface area contributed by atoms with E-state index in [4.69, 9.17) is 21.3 Å². The molecule has 6 nitrogen and oxygen atoms in total. The van der Waals surface area contributed by atoms with E-state index >= 15 is 0 Å². The van der Waals surface area contributed by atoms with E-state index in [1.807, 2.05) is 24.3 Å². The van der Waals surface area contributed by atoms with E-state index in [1.54, 1.807) is 6.92 Å². The normalized spacial score (nSPS) is 15.4. The highest BCUT2D eigenvalue weighted by atomic mass is 35.5. The molecule has 0 unspecified atom stereocenters. The number of carbonyl (C=O) groups is 1. The Labute approximate surface area is 235 Å². The average molecular weight is 545 g/mol. The number of ether oxygens (including phenoxy) is 1. The number of imidazole rings is 1. The Morgan fingerprint density at radius 3 is 2.46 bits per heavy atom. The van der Waals surface area contributed by atoms with Gasteiger partial charge in [0.05, 0.1) is 11.0 Å². The minimum absolute atomic E-state index is 0.00627. The maximum Gasteiger partial charge on any atom is 0.216 e. The van der Waals surface area contributed by atoms with Crippen LogP contribution in [0.2, 0.25) is 5.02 Å². The number of hydrogen-bond donors (Lipinski definition) is 1. The molecule has 5 rings (SSSR count). The minimum Gasteiger partial charge on any atom is -0.486 e. The van der Waals surface area contributed by atoms with Crippen molar-refractivity contribution in [3.63, 3.8) is 0 Å². The van der Waals surface area contributed by atoms with Crippen LogP contribution < -0.4 is 10.1 Å². The van der Waals surface area contributed by atoms with Crippen LogP contribution in [0.5, 0.6) is 5.75 Å². The van der Waals surface area contributed by atoms with Gasteiger partial charge in [0.2, 0.25) is 5.91 Å². The lowest BCUT2D eigenvalue weighted by Gasteiger charge is -2.42. The largest absolute Gasteiger partial charge is 0.486 e. The van der Waals surface area contributed by atoms with Gasteiger partial charge >= 0.3 is 0 Å². The Balaban J connectivity index is 1.23. The standard InChI is InChI=1S/C32H37ClN4O2/c1-24-8-6-11-29-31(24)35-30(22-39-28-14-12-27(33)13-15-28)37(29)19-7-18-36-20-16-32(17-21-36,23-34-25(2)38)26-9-4-3-5-10-26/h3-6,8-15H,7,16-23H2,1-2H3,(H,34,38).